The Balaban J connectivity index is 1.39. The molecule has 0 bridgehead atoms. The van der Waals surface area contributed by atoms with E-state index in [9.17, 15) is 4.79 Å². The number of piperidine rings is 1. The van der Waals surface area contributed by atoms with Crippen LogP contribution in [0.5, 0.6) is 5.06 Å². The molecule has 0 saturated carbocycles. The van der Waals surface area contributed by atoms with Crippen LogP contribution < -0.4 is 4.74 Å². The molecule has 0 radical (unpaired) electrons. The zero-order valence-electron chi connectivity index (χ0n) is 15.1. The summed E-state index contributed by atoms with van der Waals surface area (Å²) in [6, 6.07) is 3.63. The average Bonchev–Trinajstić information content (AvgIpc) is 3.38. The standard InChI is InChI=1S/C18H19N5O3S/c1-11-9-20-13(10-19-11)17-21-16(22-26-17)12-5-7-23(8-6-12)18(24)14-3-4-15(25-2)27-14/h3-4,9-10,12H,5-8H2,1-2H3. The van der Waals surface area contributed by atoms with Gasteiger partial charge in [-0.3, -0.25) is 9.78 Å². The number of carbonyl (C=O) groups excluding carboxylic acids is 1. The van der Waals surface area contributed by atoms with Crippen molar-refractivity contribution in [1.82, 2.24) is 25.0 Å². The number of amides is 1. The van der Waals surface area contributed by atoms with E-state index in [2.05, 4.69) is 20.1 Å². The van der Waals surface area contributed by atoms with E-state index in [0.29, 0.717) is 35.4 Å². The van der Waals surface area contributed by atoms with E-state index in [1.54, 1.807) is 19.5 Å². The van der Waals surface area contributed by atoms with E-state index in [0.717, 1.165) is 23.6 Å². The maximum absolute atomic E-state index is 12.6. The highest BCUT2D eigenvalue weighted by molar-refractivity contribution is 7.15. The summed E-state index contributed by atoms with van der Waals surface area (Å²) in [5.74, 6) is 1.26. The SMILES string of the molecule is COc1ccc(C(=O)N2CCC(c3noc(-c4cnc(C)cn4)n3)CC2)s1. The first-order valence-corrected chi connectivity index (χ1v) is 9.51. The van der Waals surface area contributed by atoms with Crippen molar-refractivity contribution in [1.29, 1.82) is 0 Å². The number of ether oxygens (including phenoxy) is 1. The quantitative estimate of drug-likeness (QED) is 0.681. The van der Waals surface area contributed by atoms with Gasteiger partial charge < -0.3 is 14.2 Å². The van der Waals surface area contributed by atoms with Gasteiger partial charge in [-0.05, 0) is 31.9 Å². The molecule has 1 fully saturated rings. The fraction of sp³-hybridized carbons (Fsp3) is 0.389. The average molecular weight is 385 g/mol. The lowest BCUT2D eigenvalue weighted by molar-refractivity contribution is 0.0715. The number of nitrogens with zero attached hydrogens (tertiary/aromatic N) is 5. The molecule has 0 spiro atoms. The van der Waals surface area contributed by atoms with Gasteiger partial charge in [0.2, 0.25) is 0 Å². The predicted octanol–water partition coefficient (Wildman–Crippen LogP) is 2.92. The van der Waals surface area contributed by atoms with Crippen molar-refractivity contribution in [3.63, 3.8) is 0 Å². The van der Waals surface area contributed by atoms with Gasteiger partial charge in [0.05, 0.1) is 23.9 Å². The van der Waals surface area contributed by atoms with E-state index in [4.69, 9.17) is 9.26 Å². The number of likely N-dealkylation sites (tertiary alicyclic amines) is 1. The zero-order chi connectivity index (χ0) is 18.8. The Morgan fingerprint density at radius 3 is 2.74 bits per heavy atom. The van der Waals surface area contributed by atoms with Crippen LogP contribution in [0, 0.1) is 6.92 Å². The number of aromatic nitrogens is 4. The van der Waals surface area contributed by atoms with Gasteiger partial charge in [0.15, 0.2) is 10.9 Å². The Kier molecular flexibility index (Phi) is 4.85. The van der Waals surface area contributed by atoms with Gasteiger partial charge in [-0.15, -0.1) is 0 Å². The second-order valence-electron chi connectivity index (χ2n) is 6.39. The van der Waals surface area contributed by atoms with E-state index in [-0.39, 0.29) is 11.8 Å². The van der Waals surface area contributed by atoms with E-state index in [1.165, 1.54) is 11.3 Å². The molecule has 3 aromatic rings. The van der Waals surface area contributed by atoms with Crippen molar-refractivity contribution in [2.75, 3.05) is 20.2 Å². The second-order valence-corrected chi connectivity index (χ2v) is 7.44. The summed E-state index contributed by atoms with van der Waals surface area (Å²) < 4.78 is 10.5. The van der Waals surface area contributed by atoms with Gasteiger partial charge in [-0.1, -0.05) is 16.5 Å². The summed E-state index contributed by atoms with van der Waals surface area (Å²) in [6.07, 6.45) is 4.89. The lowest BCUT2D eigenvalue weighted by Crippen LogP contribution is -2.37. The summed E-state index contributed by atoms with van der Waals surface area (Å²) >= 11 is 1.37. The Morgan fingerprint density at radius 1 is 1.26 bits per heavy atom. The normalized spacial score (nSPS) is 15.1. The van der Waals surface area contributed by atoms with Crippen molar-refractivity contribution < 1.29 is 14.1 Å². The molecular formula is C18H19N5O3S. The van der Waals surface area contributed by atoms with Crippen LogP contribution in [0.25, 0.3) is 11.6 Å². The lowest BCUT2D eigenvalue weighted by atomic mass is 9.96. The first-order chi connectivity index (χ1) is 13.1. The Hall–Kier alpha value is -2.81. The third-order valence-corrected chi connectivity index (χ3v) is 5.62. The second kappa shape index (κ2) is 7.43. The zero-order valence-corrected chi connectivity index (χ0v) is 15.9. The molecule has 1 aliphatic heterocycles. The maximum Gasteiger partial charge on any atom is 0.278 e. The molecular weight excluding hydrogens is 366 g/mol. The largest absolute Gasteiger partial charge is 0.487 e. The number of aryl methyl sites for hydroxylation is 1. The van der Waals surface area contributed by atoms with Gasteiger partial charge in [-0.2, -0.15) is 4.98 Å². The molecule has 0 unspecified atom stereocenters. The molecule has 27 heavy (non-hydrogen) atoms. The molecule has 0 atom stereocenters. The molecule has 9 heteroatoms. The third-order valence-electron chi connectivity index (χ3n) is 4.58. The minimum Gasteiger partial charge on any atom is -0.487 e. The minimum absolute atomic E-state index is 0.0467. The van der Waals surface area contributed by atoms with Gasteiger partial charge in [-0.25, -0.2) is 4.98 Å². The monoisotopic (exact) mass is 385 g/mol. The van der Waals surface area contributed by atoms with E-state index >= 15 is 0 Å². The first kappa shape index (κ1) is 17.6. The maximum atomic E-state index is 12.6. The lowest BCUT2D eigenvalue weighted by Gasteiger charge is -2.30. The molecule has 140 valence electrons. The van der Waals surface area contributed by atoms with E-state index < -0.39 is 0 Å². The van der Waals surface area contributed by atoms with Crippen molar-refractivity contribution in [2.45, 2.75) is 25.7 Å². The van der Waals surface area contributed by atoms with Crippen molar-refractivity contribution >= 4 is 17.2 Å². The minimum atomic E-state index is 0.0467. The summed E-state index contributed by atoms with van der Waals surface area (Å²) in [6.45, 7) is 3.20. The predicted molar refractivity (Wildman–Crippen MR) is 98.8 cm³/mol. The molecule has 1 saturated heterocycles. The molecule has 0 aliphatic carbocycles. The number of methoxy groups -OCH3 is 1. The molecule has 0 N–H and O–H groups in total. The summed E-state index contributed by atoms with van der Waals surface area (Å²) in [5, 5.41) is 4.85. The molecule has 4 rings (SSSR count). The number of rotatable bonds is 4. The molecule has 1 aliphatic rings. The smallest absolute Gasteiger partial charge is 0.278 e. The van der Waals surface area contributed by atoms with Crippen molar-refractivity contribution in [2.24, 2.45) is 0 Å². The fourth-order valence-electron chi connectivity index (χ4n) is 3.05. The van der Waals surface area contributed by atoms with Crippen LogP contribution in [-0.4, -0.2) is 51.1 Å². The summed E-state index contributed by atoms with van der Waals surface area (Å²) in [5.41, 5.74) is 1.40. The number of hydrogen-bond donors (Lipinski definition) is 0. The highest BCUT2D eigenvalue weighted by Crippen LogP contribution is 2.30. The third kappa shape index (κ3) is 3.68. The highest BCUT2D eigenvalue weighted by Gasteiger charge is 2.28. The summed E-state index contributed by atoms with van der Waals surface area (Å²) in [7, 11) is 1.60. The fourth-order valence-corrected chi connectivity index (χ4v) is 3.84. The molecule has 3 aromatic heterocycles. The van der Waals surface area contributed by atoms with Crippen LogP contribution in [0.4, 0.5) is 0 Å². The molecule has 0 aromatic carbocycles. The summed E-state index contributed by atoms with van der Waals surface area (Å²) in [4.78, 5) is 28.1. The van der Waals surface area contributed by atoms with Gasteiger partial charge in [0.25, 0.3) is 11.8 Å². The topological polar surface area (TPSA) is 94.2 Å². The molecule has 1 amide bonds. The number of carbonyl (C=O) groups is 1. The van der Waals surface area contributed by atoms with Crippen LogP contribution in [-0.2, 0) is 0 Å². The molecule has 4 heterocycles. The van der Waals surface area contributed by atoms with Gasteiger partial charge >= 0.3 is 0 Å². The highest BCUT2D eigenvalue weighted by atomic mass is 32.1. The van der Waals surface area contributed by atoms with Crippen LogP contribution in [0.3, 0.4) is 0 Å². The Morgan fingerprint density at radius 2 is 2.07 bits per heavy atom. The Bertz CT molecular complexity index is 929. The van der Waals surface area contributed by atoms with Crippen molar-refractivity contribution in [3.8, 4) is 16.6 Å². The first-order valence-electron chi connectivity index (χ1n) is 8.70. The number of thiophene rings is 1. The van der Waals surface area contributed by atoms with Crippen LogP contribution in [0.1, 0.15) is 39.9 Å². The molecule has 8 nitrogen and oxygen atoms in total. The number of hydrogen-bond acceptors (Lipinski definition) is 8. The van der Waals surface area contributed by atoms with Crippen LogP contribution in [0.15, 0.2) is 29.0 Å². The van der Waals surface area contributed by atoms with Gasteiger partial charge in [0.1, 0.15) is 5.69 Å². The van der Waals surface area contributed by atoms with Crippen LogP contribution >= 0.6 is 11.3 Å². The van der Waals surface area contributed by atoms with E-state index in [1.807, 2.05) is 24.0 Å². The van der Waals surface area contributed by atoms with Gasteiger partial charge in [0, 0.05) is 25.2 Å². The van der Waals surface area contributed by atoms with Crippen molar-refractivity contribution in [3.05, 3.63) is 40.9 Å². The Labute approximate surface area is 160 Å². The van der Waals surface area contributed by atoms with Crippen LogP contribution in [0.2, 0.25) is 0 Å².